The van der Waals surface area contributed by atoms with E-state index in [1.54, 1.807) is 13.1 Å². The number of pyridine rings is 1. The Morgan fingerprint density at radius 3 is 3.00 bits per heavy atom. The lowest BCUT2D eigenvalue weighted by molar-refractivity contribution is -0.116. The maximum Gasteiger partial charge on any atom is 0.130 e. The number of nitrogens with one attached hydrogen (secondary N) is 1. The number of carbonyl (C=O) groups excluding carboxylic acids is 1. The molecule has 0 aliphatic rings. The fourth-order valence-electron chi connectivity index (χ4n) is 1.16. The van der Waals surface area contributed by atoms with E-state index in [1.165, 1.54) is 0 Å². The molecule has 0 aliphatic carbocycles. The van der Waals surface area contributed by atoms with E-state index in [1.807, 2.05) is 19.2 Å². The van der Waals surface area contributed by atoms with E-state index >= 15 is 0 Å². The second kappa shape index (κ2) is 4.60. The Bertz CT molecular complexity index is 297. The van der Waals surface area contributed by atoms with Crippen molar-refractivity contribution < 1.29 is 4.79 Å². The lowest BCUT2D eigenvalue weighted by Crippen LogP contribution is -2.01. The summed E-state index contributed by atoms with van der Waals surface area (Å²) >= 11 is 0. The molecule has 1 rings (SSSR count). The Balaban J connectivity index is 2.69. The van der Waals surface area contributed by atoms with Crippen molar-refractivity contribution in [2.24, 2.45) is 0 Å². The Labute approximate surface area is 78.2 Å². The van der Waals surface area contributed by atoms with Crippen LogP contribution in [0.1, 0.15) is 19.0 Å². The summed E-state index contributed by atoms with van der Waals surface area (Å²) in [5.41, 5.74) is 1.96. The van der Waals surface area contributed by atoms with Crippen molar-refractivity contribution in [3.63, 3.8) is 0 Å². The SMILES string of the molecule is CNc1cccnc1CCC(C)=O. The molecular weight excluding hydrogens is 164 g/mol. The molecule has 0 bridgehead atoms. The summed E-state index contributed by atoms with van der Waals surface area (Å²) in [7, 11) is 1.86. The first-order valence-electron chi connectivity index (χ1n) is 4.35. The number of hydrogen-bond donors (Lipinski definition) is 1. The van der Waals surface area contributed by atoms with Crippen LogP contribution in [0.15, 0.2) is 18.3 Å². The Morgan fingerprint density at radius 2 is 2.38 bits per heavy atom. The van der Waals surface area contributed by atoms with E-state index < -0.39 is 0 Å². The third-order valence-electron chi connectivity index (χ3n) is 1.87. The van der Waals surface area contributed by atoms with Gasteiger partial charge in [0.1, 0.15) is 5.78 Å². The second-order valence-corrected chi connectivity index (χ2v) is 2.95. The van der Waals surface area contributed by atoms with Crippen LogP contribution in [0.25, 0.3) is 0 Å². The van der Waals surface area contributed by atoms with Crippen molar-refractivity contribution in [3.8, 4) is 0 Å². The summed E-state index contributed by atoms with van der Waals surface area (Å²) in [6.45, 7) is 1.60. The third-order valence-corrected chi connectivity index (χ3v) is 1.87. The lowest BCUT2D eigenvalue weighted by Gasteiger charge is -2.05. The number of nitrogens with zero attached hydrogens (tertiary/aromatic N) is 1. The van der Waals surface area contributed by atoms with Crippen molar-refractivity contribution in [1.82, 2.24) is 4.98 Å². The zero-order valence-corrected chi connectivity index (χ0v) is 8.00. The van der Waals surface area contributed by atoms with E-state index in [4.69, 9.17) is 0 Å². The molecule has 0 amide bonds. The van der Waals surface area contributed by atoms with Gasteiger partial charge in [-0.1, -0.05) is 0 Å². The first-order valence-corrected chi connectivity index (χ1v) is 4.35. The molecular formula is C10H14N2O. The molecule has 0 unspecified atom stereocenters. The molecule has 0 saturated carbocycles. The van der Waals surface area contributed by atoms with Crippen LogP contribution >= 0.6 is 0 Å². The molecule has 1 aromatic rings. The quantitative estimate of drug-likeness (QED) is 0.762. The zero-order chi connectivity index (χ0) is 9.68. The molecule has 1 heterocycles. The number of carbonyl (C=O) groups is 1. The average Bonchev–Trinajstić information content (AvgIpc) is 2.15. The zero-order valence-electron chi connectivity index (χ0n) is 8.00. The van der Waals surface area contributed by atoms with Gasteiger partial charge >= 0.3 is 0 Å². The molecule has 0 radical (unpaired) electrons. The highest BCUT2D eigenvalue weighted by Gasteiger charge is 2.02. The van der Waals surface area contributed by atoms with Gasteiger partial charge in [-0.15, -0.1) is 0 Å². The van der Waals surface area contributed by atoms with Crippen molar-refractivity contribution in [3.05, 3.63) is 24.0 Å². The number of Topliss-reactive ketones (excluding diaryl/α,β-unsaturated/α-hetero) is 1. The highest BCUT2D eigenvalue weighted by Crippen LogP contribution is 2.12. The largest absolute Gasteiger partial charge is 0.387 e. The standard InChI is InChI=1S/C10H14N2O/c1-8(13)5-6-10-9(11-2)4-3-7-12-10/h3-4,7,11H,5-6H2,1-2H3. The van der Waals surface area contributed by atoms with E-state index in [0.717, 1.165) is 11.4 Å². The molecule has 1 aromatic heterocycles. The molecule has 70 valence electrons. The van der Waals surface area contributed by atoms with E-state index in [-0.39, 0.29) is 5.78 Å². The van der Waals surface area contributed by atoms with Crippen LogP contribution in [0.3, 0.4) is 0 Å². The number of hydrogen-bond acceptors (Lipinski definition) is 3. The fourth-order valence-corrected chi connectivity index (χ4v) is 1.16. The van der Waals surface area contributed by atoms with Crippen LogP contribution in [0.4, 0.5) is 5.69 Å². The van der Waals surface area contributed by atoms with Gasteiger partial charge in [0.15, 0.2) is 0 Å². The summed E-state index contributed by atoms with van der Waals surface area (Å²) in [5, 5.41) is 3.05. The van der Waals surface area contributed by atoms with Gasteiger partial charge in [-0.2, -0.15) is 0 Å². The summed E-state index contributed by atoms with van der Waals surface area (Å²) in [4.78, 5) is 15.0. The Hall–Kier alpha value is -1.38. The Morgan fingerprint density at radius 1 is 1.62 bits per heavy atom. The first-order chi connectivity index (χ1) is 6.24. The van der Waals surface area contributed by atoms with E-state index in [2.05, 4.69) is 10.3 Å². The van der Waals surface area contributed by atoms with E-state index in [0.29, 0.717) is 12.8 Å². The summed E-state index contributed by atoms with van der Waals surface area (Å²) < 4.78 is 0. The van der Waals surface area contributed by atoms with Crippen LogP contribution in [0.5, 0.6) is 0 Å². The van der Waals surface area contributed by atoms with Gasteiger partial charge in [0, 0.05) is 19.7 Å². The number of aromatic nitrogens is 1. The summed E-state index contributed by atoms with van der Waals surface area (Å²) in [5.74, 6) is 0.202. The maximum atomic E-state index is 10.8. The molecule has 0 saturated heterocycles. The molecule has 3 nitrogen and oxygen atoms in total. The second-order valence-electron chi connectivity index (χ2n) is 2.95. The number of rotatable bonds is 4. The minimum absolute atomic E-state index is 0.202. The summed E-state index contributed by atoms with van der Waals surface area (Å²) in [6.07, 6.45) is 3.02. The predicted molar refractivity (Wildman–Crippen MR) is 52.8 cm³/mol. The van der Waals surface area contributed by atoms with Crippen LogP contribution in [0.2, 0.25) is 0 Å². The van der Waals surface area contributed by atoms with Crippen molar-refractivity contribution >= 4 is 11.5 Å². The monoisotopic (exact) mass is 178 g/mol. The molecule has 13 heavy (non-hydrogen) atoms. The fraction of sp³-hybridized carbons (Fsp3) is 0.400. The highest BCUT2D eigenvalue weighted by molar-refractivity contribution is 5.75. The molecule has 0 atom stereocenters. The van der Waals surface area contributed by atoms with Crippen molar-refractivity contribution in [1.29, 1.82) is 0 Å². The maximum absolute atomic E-state index is 10.8. The molecule has 1 N–H and O–H groups in total. The number of ketones is 1. The molecule has 0 aromatic carbocycles. The van der Waals surface area contributed by atoms with E-state index in [9.17, 15) is 4.79 Å². The molecule has 3 heteroatoms. The normalized spacial score (nSPS) is 9.69. The third kappa shape index (κ3) is 2.86. The predicted octanol–water partition coefficient (Wildman–Crippen LogP) is 1.64. The van der Waals surface area contributed by atoms with Gasteiger partial charge in [-0.3, -0.25) is 4.98 Å². The number of aryl methyl sites for hydroxylation is 1. The van der Waals surface area contributed by atoms with Gasteiger partial charge in [0.25, 0.3) is 0 Å². The van der Waals surface area contributed by atoms with Gasteiger partial charge in [0.2, 0.25) is 0 Å². The minimum atomic E-state index is 0.202. The van der Waals surface area contributed by atoms with Crippen molar-refractivity contribution in [2.45, 2.75) is 19.8 Å². The van der Waals surface area contributed by atoms with Crippen LogP contribution in [-0.2, 0) is 11.2 Å². The van der Waals surface area contributed by atoms with Crippen LogP contribution in [-0.4, -0.2) is 17.8 Å². The average molecular weight is 178 g/mol. The first kappa shape index (κ1) is 9.71. The van der Waals surface area contributed by atoms with Crippen LogP contribution < -0.4 is 5.32 Å². The number of anilines is 1. The van der Waals surface area contributed by atoms with Crippen molar-refractivity contribution in [2.75, 3.05) is 12.4 Å². The Kier molecular flexibility index (Phi) is 3.43. The summed E-state index contributed by atoms with van der Waals surface area (Å²) in [6, 6.07) is 3.84. The minimum Gasteiger partial charge on any atom is -0.387 e. The van der Waals surface area contributed by atoms with Crippen LogP contribution in [0, 0.1) is 0 Å². The molecule has 0 fully saturated rings. The smallest absolute Gasteiger partial charge is 0.130 e. The topological polar surface area (TPSA) is 42.0 Å². The molecule has 0 aliphatic heterocycles. The molecule has 0 spiro atoms. The van der Waals surface area contributed by atoms with Gasteiger partial charge in [-0.25, -0.2) is 0 Å². The highest BCUT2D eigenvalue weighted by atomic mass is 16.1. The lowest BCUT2D eigenvalue weighted by atomic mass is 10.1. The van der Waals surface area contributed by atoms with Gasteiger partial charge in [0.05, 0.1) is 11.4 Å². The van der Waals surface area contributed by atoms with Gasteiger partial charge < -0.3 is 10.1 Å². The van der Waals surface area contributed by atoms with Gasteiger partial charge in [-0.05, 0) is 25.5 Å².